The van der Waals surface area contributed by atoms with Gasteiger partial charge in [0.15, 0.2) is 0 Å². The van der Waals surface area contributed by atoms with Crippen molar-refractivity contribution >= 4 is 46.4 Å². The standard InChI is InChI=1S/C51H64N4O12.Na/c1-28-15-13-16-29(2)50(63)53-41-36(27-52-55-24-22-54(23-25-55)21-14-19-35-17-11-10-12-18-35)45(60)38-39(46(41)61)44(59)33(6)48-40(38)49(62)51(8,67-48)65-26-20-37(64-9)30(3)47(66-34(7)56)32(5)43(58)31(4)42(28)57;/h10-20,26-28,30-32,37,42-43,47,57-61H,21-25H2,1-9H3,(H,53,63);/q;+1/p-1/b15-13+,19-14+,26-20+,29-16-,52-27+;/t28-,30+,31+,32+,37-,42-,43+,47+,51-;/m0./s1. The summed E-state index contributed by atoms with van der Waals surface area (Å²) in [6.07, 6.45) is 8.91. The molecule has 4 aliphatic heterocycles. The quantitative estimate of drug-likeness (QED) is 0.0756. The van der Waals surface area contributed by atoms with Crippen LogP contribution >= 0.6 is 0 Å². The molecule has 1 amide bonds. The number of phenolic OH excluding ortho intramolecular Hbond substituents is 2. The number of carbonyl (C=O) groups excluding carboxylic acids is 3. The molecule has 0 unspecified atom stereocenters. The number of rotatable bonds is 7. The van der Waals surface area contributed by atoms with Gasteiger partial charge in [0.25, 0.3) is 11.7 Å². The summed E-state index contributed by atoms with van der Waals surface area (Å²) in [4.78, 5) is 43.1. The van der Waals surface area contributed by atoms with Crippen LogP contribution in [-0.2, 0) is 23.8 Å². The fraction of sp³-hybridized carbons (Fsp3) is 0.451. The maximum atomic E-state index is 14.6. The average molecular weight is 947 g/mol. The van der Waals surface area contributed by atoms with Crippen molar-refractivity contribution in [3.63, 3.8) is 0 Å². The second-order valence-electron chi connectivity index (χ2n) is 17.9. The Morgan fingerprint density at radius 3 is 2.29 bits per heavy atom. The molecule has 4 aliphatic rings. The number of hydrogen-bond acceptors (Lipinski definition) is 15. The molecule has 16 nitrogen and oxygen atoms in total. The van der Waals surface area contributed by atoms with Crippen molar-refractivity contribution in [2.45, 2.75) is 85.6 Å². The van der Waals surface area contributed by atoms with Gasteiger partial charge in [-0.3, -0.25) is 24.3 Å². The van der Waals surface area contributed by atoms with E-state index in [-0.39, 0.29) is 68.6 Å². The Labute approximate surface area is 419 Å². The van der Waals surface area contributed by atoms with Crippen LogP contribution in [0.3, 0.4) is 0 Å². The van der Waals surface area contributed by atoms with Crippen molar-refractivity contribution in [3.8, 4) is 23.0 Å². The van der Waals surface area contributed by atoms with E-state index in [4.69, 9.17) is 18.9 Å². The first-order chi connectivity index (χ1) is 31.8. The van der Waals surface area contributed by atoms with Crippen molar-refractivity contribution in [2.24, 2.45) is 28.8 Å². The van der Waals surface area contributed by atoms with Crippen molar-refractivity contribution in [2.75, 3.05) is 45.2 Å². The maximum Gasteiger partial charge on any atom is 1.00 e. The van der Waals surface area contributed by atoms with Gasteiger partial charge in [-0.2, -0.15) is 5.10 Å². The molecule has 360 valence electrons. The Morgan fingerprint density at radius 2 is 1.65 bits per heavy atom. The minimum absolute atomic E-state index is 0. The molecule has 68 heavy (non-hydrogen) atoms. The molecule has 7 rings (SSSR count). The Balaban J connectivity index is 0.00000864. The Morgan fingerprint density at radius 1 is 0.971 bits per heavy atom. The fourth-order valence-electron chi connectivity index (χ4n) is 8.94. The molecule has 0 saturated carbocycles. The maximum absolute atomic E-state index is 14.6. The van der Waals surface area contributed by atoms with Crippen molar-refractivity contribution in [1.29, 1.82) is 0 Å². The molecule has 0 spiro atoms. The van der Waals surface area contributed by atoms with Crippen LogP contribution in [-0.4, -0.2) is 124 Å². The molecule has 3 aromatic rings. The number of nitrogens with one attached hydrogen (secondary N) is 1. The van der Waals surface area contributed by atoms with E-state index in [9.17, 15) is 39.9 Å². The third-order valence-corrected chi connectivity index (χ3v) is 13.2. The van der Waals surface area contributed by atoms with Crippen LogP contribution < -0.4 is 44.7 Å². The first-order valence-corrected chi connectivity index (χ1v) is 22.6. The van der Waals surface area contributed by atoms with E-state index < -0.39 is 94.2 Å². The van der Waals surface area contributed by atoms with Gasteiger partial charge in [-0.15, -0.1) is 0 Å². The number of ether oxygens (including phenoxy) is 4. The molecule has 0 aromatic heterocycles. The number of hydrazone groups is 1. The number of hydrogen-bond donors (Lipinski definition) is 5. The zero-order valence-corrected chi connectivity index (χ0v) is 42.6. The molecule has 4 heterocycles. The summed E-state index contributed by atoms with van der Waals surface area (Å²) in [6, 6.07) is 10.00. The molecule has 3 aromatic carbocycles. The van der Waals surface area contributed by atoms with Gasteiger partial charge in [0.05, 0.1) is 47.6 Å². The number of phenols is 2. The van der Waals surface area contributed by atoms with E-state index in [2.05, 4.69) is 27.5 Å². The predicted molar refractivity (Wildman–Crippen MR) is 253 cm³/mol. The molecule has 0 aliphatic carbocycles. The zero-order chi connectivity index (χ0) is 48.9. The SMILES string of the molecule is CO[C@H]1/C=C/O[C@@]2(C)Oc3c(C)c([O-])c4c(O)c(c(/C=N/N5CCN(C/C=C/c6ccccc6)CC5)c(O)c4c3C2=O)NC(=O)/C(C)=C\C=C\[C@H](C)[C@H](O)[C@@H](C)[C@@H](O)[C@@H](C)[C@H](OC(C)=O)[C@@H]1C.[Na+]. The Bertz CT molecular complexity index is 2480. The molecule has 9 atom stereocenters. The van der Waals surface area contributed by atoms with Gasteiger partial charge in [-0.25, -0.2) is 0 Å². The molecule has 5 N–H and O–H groups in total. The summed E-state index contributed by atoms with van der Waals surface area (Å²) in [5, 5.41) is 69.8. The van der Waals surface area contributed by atoms with E-state index in [0.29, 0.717) is 26.2 Å². The third-order valence-electron chi connectivity index (χ3n) is 13.2. The van der Waals surface area contributed by atoms with Crippen molar-refractivity contribution < 1.29 is 88.4 Å². The molecule has 1 saturated heterocycles. The number of esters is 1. The van der Waals surface area contributed by atoms with Crippen molar-refractivity contribution in [1.82, 2.24) is 9.91 Å². The van der Waals surface area contributed by atoms with E-state index in [1.807, 2.05) is 30.3 Å². The second-order valence-corrected chi connectivity index (χ2v) is 17.9. The zero-order valence-electron chi connectivity index (χ0n) is 40.6. The molecule has 1 fully saturated rings. The number of aliphatic hydroxyl groups is 2. The predicted octanol–water partition coefficient (Wildman–Crippen LogP) is 2.79. The number of anilines is 1. The average Bonchev–Trinajstić information content (AvgIpc) is 3.57. The number of allylic oxidation sites excluding steroid dienone is 2. The van der Waals surface area contributed by atoms with E-state index in [1.165, 1.54) is 59.4 Å². The number of methoxy groups -OCH3 is 1. The van der Waals surface area contributed by atoms with Gasteiger partial charge in [-0.1, -0.05) is 94.2 Å². The number of piperazine rings is 1. The fourth-order valence-corrected chi connectivity index (χ4v) is 8.94. The van der Waals surface area contributed by atoms with Crippen LogP contribution in [0.25, 0.3) is 16.8 Å². The summed E-state index contributed by atoms with van der Waals surface area (Å²) >= 11 is 0. The molecule has 0 radical (unpaired) electrons. The van der Waals surface area contributed by atoms with Crippen LogP contribution in [0.5, 0.6) is 23.0 Å². The summed E-state index contributed by atoms with van der Waals surface area (Å²) < 4.78 is 23.7. The topological polar surface area (TPSA) is 223 Å². The Hall–Kier alpha value is -5.20. The number of carbonyl (C=O) groups is 3. The largest absolute Gasteiger partial charge is 1.00 e. The van der Waals surface area contributed by atoms with Gasteiger partial charge in [0.1, 0.15) is 23.4 Å². The van der Waals surface area contributed by atoms with Gasteiger partial charge in [0.2, 0.25) is 0 Å². The minimum Gasteiger partial charge on any atom is -0.872 e. The van der Waals surface area contributed by atoms with Crippen LogP contribution in [0.15, 0.2) is 77.6 Å². The van der Waals surface area contributed by atoms with Gasteiger partial charge in [-0.05, 0) is 31.1 Å². The summed E-state index contributed by atoms with van der Waals surface area (Å²) in [7, 11) is 1.43. The second kappa shape index (κ2) is 22.9. The third kappa shape index (κ3) is 11.5. The molecular weight excluding hydrogens is 884 g/mol. The van der Waals surface area contributed by atoms with Crippen LogP contribution in [0.1, 0.15) is 75.5 Å². The van der Waals surface area contributed by atoms with E-state index in [0.717, 1.165) is 12.1 Å². The van der Waals surface area contributed by atoms with Crippen LogP contribution in [0.2, 0.25) is 0 Å². The molecular formula is C51H63N4NaO12. The number of fused-ring (bicyclic) bond motifs is 14. The summed E-state index contributed by atoms with van der Waals surface area (Å²) in [6.45, 7) is 15.5. The van der Waals surface area contributed by atoms with Gasteiger partial charge >= 0.3 is 41.3 Å². The number of nitrogens with zero attached hydrogens (tertiary/aromatic N) is 3. The van der Waals surface area contributed by atoms with Gasteiger partial charge in [0, 0.05) is 93.7 Å². The summed E-state index contributed by atoms with van der Waals surface area (Å²) in [5.74, 6) is -8.96. The number of ketones is 1. The molecule has 17 heteroatoms. The van der Waals surface area contributed by atoms with Crippen LogP contribution in [0.4, 0.5) is 5.69 Å². The van der Waals surface area contributed by atoms with E-state index in [1.54, 1.807) is 44.9 Å². The monoisotopic (exact) mass is 946 g/mol. The normalized spacial score (nSPS) is 29.3. The summed E-state index contributed by atoms with van der Waals surface area (Å²) in [5.41, 5.74) is 0.480. The first-order valence-electron chi connectivity index (χ1n) is 22.6. The molecule has 5 bridgehead atoms. The number of amides is 1. The van der Waals surface area contributed by atoms with Gasteiger partial charge < -0.3 is 49.8 Å². The minimum atomic E-state index is -2.09. The van der Waals surface area contributed by atoms with Crippen molar-refractivity contribution in [3.05, 3.63) is 94.8 Å². The smallest absolute Gasteiger partial charge is 0.872 e. The number of aromatic hydroxyl groups is 2. The number of aliphatic hydroxyl groups excluding tert-OH is 2. The Kier molecular flexibility index (Phi) is 18.1. The number of Topliss-reactive ketones (excluding diaryl/α,β-unsaturated/α-hetero) is 1. The van der Waals surface area contributed by atoms with E-state index >= 15 is 0 Å². The van der Waals surface area contributed by atoms with Crippen LogP contribution in [0, 0.1) is 30.6 Å². The number of benzene rings is 3. The first kappa shape index (κ1) is 53.8.